The molecule has 3 aromatic rings. The molecule has 0 radical (unpaired) electrons. The van der Waals surface area contributed by atoms with Crippen molar-refractivity contribution in [3.05, 3.63) is 64.5 Å². The monoisotopic (exact) mass is 355 g/mol. The zero-order valence-corrected chi connectivity index (χ0v) is 14.3. The van der Waals surface area contributed by atoms with E-state index in [0.717, 1.165) is 5.75 Å². The Morgan fingerprint density at radius 1 is 1.04 bits per heavy atom. The highest BCUT2D eigenvalue weighted by atomic mass is 16.5. The van der Waals surface area contributed by atoms with Gasteiger partial charge < -0.3 is 18.6 Å². The van der Waals surface area contributed by atoms with Crippen LogP contribution in [0.5, 0.6) is 11.5 Å². The molecule has 2 aromatic carbocycles. The van der Waals surface area contributed by atoms with Crippen LogP contribution in [0.1, 0.15) is 5.56 Å². The van der Waals surface area contributed by atoms with Gasteiger partial charge in [-0.2, -0.15) is 0 Å². The van der Waals surface area contributed by atoms with Crippen molar-refractivity contribution >= 4 is 22.7 Å². The summed E-state index contributed by atoms with van der Waals surface area (Å²) < 4.78 is 20.6. The first-order valence-corrected chi connectivity index (χ1v) is 7.77. The van der Waals surface area contributed by atoms with Gasteiger partial charge in [0, 0.05) is 28.8 Å². The van der Waals surface area contributed by atoms with Crippen molar-refractivity contribution in [1.82, 2.24) is 0 Å². The molecule has 0 unspecified atom stereocenters. The molecule has 0 saturated heterocycles. The second-order valence-corrected chi connectivity index (χ2v) is 5.38. The van der Waals surface area contributed by atoms with E-state index in [1.165, 1.54) is 13.2 Å². The van der Waals surface area contributed by atoms with Crippen molar-refractivity contribution in [1.29, 1.82) is 0 Å². The van der Waals surface area contributed by atoms with Crippen molar-refractivity contribution < 1.29 is 23.4 Å². The summed E-state index contributed by atoms with van der Waals surface area (Å²) in [5.41, 5.74) is 0.984. The Labute approximate surface area is 149 Å². The average Bonchev–Trinajstić information content (AvgIpc) is 2.66. The molecule has 7 heteroatoms. The van der Waals surface area contributed by atoms with Crippen LogP contribution in [0.4, 0.5) is 10.5 Å². The van der Waals surface area contributed by atoms with Crippen molar-refractivity contribution in [2.45, 2.75) is 6.61 Å². The van der Waals surface area contributed by atoms with Gasteiger partial charge >= 0.3 is 11.7 Å². The highest BCUT2D eigenvalue weighted by Gasteiger charge is 2.09. The van der Waals surface area contributed by atoms with E-state index >= 15 is 0 Å². The number of rotatable bonds is 5. The molecule has 0 spiro atoms. The predicted molar refractivity (Wildman–Crippen MR) is 95.8 cm³/mol. The minimum absolute atomic E-state index is 0.193. The molecule has 1 N–H and O–H groups in total. The highest BCUT2D eigenvalue weighted by molar-refractivity contribution is 5.89. The first-order valence-electron chi connectivity index (χ1n) is 7.77. The fraction of sp³-hybridized carbons (Fsp3) is 0.158. The Bertz CT molecular complexity index is 977. The number of nitrogens with one attached hydrogen (secondary N) is 1. The SMILES string of the molecule is COC(=O)Nc1ccc2c(COc3ccc(OC)cc3)cc(=O)oc2c1. The first-order chi connectivity index (χ1) is 12.6. The molecule has 1 heterocycles. The zero-order chi connectivity index (χ0) is 18.5. The van der Waals surface area contributed by atoms with Crippen LogP contribution >= 0.6 is 0 Å². The van der Waals surface area contributed by atoms with Gasteiger partial charge in [0.1, 0.15) is 23.7 Å². The summed E-state index contributed by atoms with van der Waals surface area (Å²) in [4.78, 5) is 23.1. The van der Waals surface area contributed by atoms with E-state index in [1.807, 2.05) is 0 Å². The molecule has 0 bridgehead atoms. The smallest absolute Gasteiger partial charge is 0.411 e. The van der Waals surface area contributed by atoms with Crippen LogP contribution in [0.3, 0.4) is 0 Å². The van der Waals surface area contributed by atoms with Crippen LogP contribution in [0.15, 0.2) is 57.7 Å². The maximum Gasteiger partial charge on any atom is 0.411 e. The molecule has 7 nitrogen and oxygen atoms in total. The largest absolute Gasteiger partial charge is 0.497 e. The first kappa shape index (κ1) is 17.3. The number of fused-ring (bicyclic) bond motifs is 1. The predicted octanol–water partition coefficient (Wildman–Crippen LogP) is 3.56. The maximum absolute atomic E-state index is 11.8. The second kappa shape index (κ2) is 7.60. The lowest BCUT2D eigenvalue weighted by molar-refractivity contribution is 0.187. The van der Waals surface area contributed by atoms with Gasteiger partial charge in [-0.05, 0) is 36.4 Å². The van der Waals surface area contributed by atoms with Gasteiger partial charge in [0.15, 0.2) is 0 Å². The van der Waals surface area contributed by atoms with Crippen LogP contribution in [-0.2, 0) is 11.3 Å². The molecule has 1 aromatic heterocycles. The molecule has 0 aliphatic heterocycles. The molecule has 0 fully saturated rings. The number of carbonyl (C=O) groups is 1. The van der Waals surface area contributed by atoms with E-state index in [4.69, 9.17) is 13.9 Å². The van der Waals surface area contributed by atoms with E-state index in [-0.39, 0.29) is 6.61 Å². The quantitative estimate of drug-likeness (QED) is 0.704. The van der Waals surface area contributed by atoms with E-state index in [9.17, 15) is 9.59 Å². The van der Waals surface area contributed by atoms with E-state index in [0.29, 0.717) is 28.0 Å². The van der Waals surface area contributed by atoms with E-state index < -0.39 is 11.7 Å². The number of amides is 1. The summed E-state index contributed by atoms with van der Waals surface area (Å²) in [6.07, 6.45) is -0.606. The summed E-state index contributed by atoms with van der Waals surface area (Å²) >= 11 is 0. The third-order valence-corrected chi connectivity index (χ3v) is 3.72. The fourth-order valence-corrected chi connectivity index (χ4v) is 2.43. The van der Waals surface area contributed by atoms with Gasteiger partial charge in [-0.25, -0.2) is 9.59 Å². The molecule has 3 rings (SSSR count). The topological polar surface area (TPSA) is 87.0 Å². The zero-order valence-electron chi connectivity index (χ0n) is 14.3. The van der Waals surface area contributed by atoms with E-state index in [2.05, 4.69) is 10.1 Å². The Morgan fingerprint density at radius 2 is 1.77 bits per heavy atom. The molecule has 0 aliphatic rings. The molecule has 1 amide bonds. The molecule has 26 heavy (non-hydrogen) atoms. The Hall–Kier alpha value is -3.48. The van der Waals surface area contributed by atoms with Crippen molar-refractivity contribution in [3.8, 4) is 11.5 Å². The van der Waals surface area contributed by atoms with Gasteiger partial charge in [-0.1, -0.05) is 0 Å². The summed E-state index contributed by atoms with van der Waals surface area (Å²) in [6, 6.07) is 13.5. The Kier molecular flexibility index (Phi) is 5.07. The van der Waals surface area contributed by atoms with Crippen LogP contribution in [-0.4, -0.2) is 20.3 Å². The molecule has 134 valence electrons. The van der Waals surface area contributed by atoms with E-state index in [1.54, 1.807) is 49.6 Å². The second-order valence-electron chi connectivity index (χ2n) is 5.38. The molecule has 0 saturated carbocycles. The Morgan fingerprint density at radius 3 is 2.46 bits per heavy atom. The minimum atomic E-state index is -0.606. The summed E-state index contributed by atoms with van der Waals surface area (Å²) in [6.45, 7) is 0.193. The van der Waals surface area contributed by atoms with Gasteiger partial charge in [0.05, 0.1) is 14.2 Å². The number of hydrogen-bond donors (Lipinski definition) is 1. The average molecular weight is 355 g/mol. The van der Waals surface area contributed by atoms with Crippen molar-refractivity contribution in [3.63, 3.8) is 0 Å². The number of ether oxygens (including phenoxy) is 3. The van der Waals surface area contributed by atoms with Gasteiger partial charge in [0.2, 0.25) is 0 Å². The lowest BCUT2D eigenvalue weighted by Gasteiger charge is -2.10. The third kappa shape index (κ3) is 3.94. The summed E-state index contributed by atoms with van der Waals surface area (Å²) in [5, 5.41) is 3.24. The van der Waals surface area contributed by atoms with Crippen LogP contribution < -0.4 is 20.4 Å². The maximum atomic E-state index is 11.8. The van der Waals surface area contributed by atoms with Crippen molar-refractivity contribution in [2.24, 2.45) is 0 Å². The lowest BCUT2D eigenvalue weighted by Crippen LogP contribution is -2.11. The fourth-order valence-electron chi connectivity index (χ4n) is 2.43. The number of anilines is 1. The highest BCUT2D eigenvalue weighted by Crippen LogP contribution is 2.23. The Balaban J connectivity index is 1.85. The van der Waals surface area contributed by atoms with Gasteiger partial charge in [0.25, 0.3) is 0 Å². The number of carbonyl (C=O) groups excluding carboxylic acids is 1. The van der Waals surface area contributed by atoms with Crippen molar-refractivity contribution in [2.75, 3.05) is 19.5 Å². The lowest BCUT2D eigenvalue weighted by atomic mass is 10.1. The summed E-state index contributed by atoms with van der Waals surface area (Å²) in [7, 11) is 2.86. The molecule has 0 aliphatic carbocycles. The van der Waals surface area contributed by atoms with Crippen LogP contribution in [0.2, 0.25) is 0 Å². The standard InChI is InChI=1S/C19H17NO6/c1-23-14-4-6-15(7-5-14)25-11-12-9-18(21)26-17-10-13(3-8-16(12)17)20-19(22)24-2/h3-10H,11H2,1-2H3,(H,20,22). The summed E-state index contributed by atoms with van der Waals surface area (Å²) in [5.74, 6) is 1.38. The normalized spacial score (nSPS) is 10.4. The third-order valence-electron chi connectivity index (χ3n) is 3.72. The molecule has 0 atom stereocenters. The number of benzene rings is 2. The molecular formula is C19H17NO6. The minimum Gasteiger partial charge on any atom is -0.497 e. The number of methoxy groups -OCH3 is 2. The molecular weight excluding hydrogens is 338 g/mol. The van der Waals surface area contributed by atoms with Gasteiger partial charge in [-0.15, -0.1) is 0 Å². The van der Waals surface area contributed by atoms with Crippen LogP contribution in [0.25, 0.3) is 11.0 Å². The number of hydrogen-bond acceptors (Lipinski definition) is 6. The van der Waals surface area contributed by atoms with Crippen LogP contribution in [0, 0.1) is 0 Å². The van der Waals surface area contributed by atoms with Gasteiger partial charge in [-0.3, -0.25) is 5.32 Å².